The lowest BCUT2D eigenvalue weighted by atomic mass is 10.0. The highest BCUT2D eigenvalue weighted by Gasteiger charge is 2.33. The summed E-state index contributed by atoms with van der Waals surface area (Å²) in [6.45, 7) is 1.60. The van der Waals surface area contributed by atoms with Crippen LogP contribution in [0.2, 0.25) is 5.02 Å². The summed E-state index contributed by atoms with van der Waals surface area (Å²) in [5.74, 6) is 0. The Hall–Kier alpha value is -0.940. The molecule has 1 heterocycles. The molecule has 1 aliphatic rings. The van der Waals surface area contributed by atoms with Gasteiger partial charge in [-0.15, -0.1) is 0 Å². The third-order valence-electron chi connectivity index (χ3n) is 3.24. The Morgan fingerprint density at radius 2 is 2.11 bits per heavy atom. The average molecular weight is 293 g/mol. The molecule has 0 amide bonds. The molecular weight excluding hydrogens is 277 g/mol. The Morgan fingerprint density at radius 1 is 1.32 bits per heavy atom. The van der Waals surface area contributed by atoms with Gasteiger partial charge in [0.25, 0.3) is 0 Å². The van der Waals surface area contributed by atoms with Crippen molar-refractivity contribution in [3.63, 3.8) is 0 Å². The Bertz CT molecular complexity index is 428. The summed E-state index contributed by atoms with van der Waals surface area (Å²) >= 11 is 5.57. The minimum absolute atomic E-state index is 0.270. The van der Waals surface area contributed by atoms with E-state index in [-0.39, 0.29) is 5.02 Å². The Morgan fingerprint density at radius 3 is 2.74 bits per heavy atom. The van der Waals surface area contributed by atoms with Gasteiger partial charge in [-0.3, -0.25) is 0 Å². The zero-order valence-electron chi connectivity index (χ0n) is 10.4. The molecule has 0 saturated carbocycles. The first-order valence-electron chi connectivity index (χ1n) is 6.31. The first kappa shape index (κ1) is 14.5. The van der Waals surface area contributed by atoms with Gasteiger partial charge in [0.05, 0.1) is 10.6 Å². The van der Waals surface area contributed by atoms with Gasteiger partial charge in [-0.05, 0) is 37.6 Å². The van der Waals surface area contributed by atoms with Gasteiger partial charge in [0, 0.05) is 18.3 Å². The third-order valence-corrected chi connectivity index (χ3v) is 3.57. The van der Waals surface area contributed by atoms with E-state index in [9.17, 15) is 13.2 Å². The van der Waals surface area contributed by atoms with Crippen LogP contribution in [-0.2, 0) is 6.18 Å². The monoisotopic (exact) mass is 292 g/mol. The number of hydrogen-bond donors (Lipinski definition) is 2. The molecule has 0 bridgehead atoms. The average Bonchev–Trinajstić information content (AvgIpc) is 2.37. The minimum atomic E-state index is -4.42. The number of piperidine rings is 1. The van der Waals surface area contributed by atoms with Gasteiger partial charge in [0.15, 0.2) is 0 Å². The Labute approximate surface area is 115 Å². The van der Waals surface area contributed by atoms with E-state index in [0.29, 0.717) is 18.3 Å². The molecule has 6 heteroatoms. The second-order valence-corrected chi connectivity index (χ2v) is 5.13. The molecule has 2 rings (SSSR count). The van der Waals surface area contributed by atoms with Crippen LogP contribution >= 0.6 is 11.6 Å². The van der Waals surface area contributed by atoms with Crippen molar-refractivity contribution in [3.8, 4) is 0 Å². The zero-order chi connectivity index (χ0) is 13.9. The van der Waals surface area contributed by atoms with Crippen molar-refractivity contribution in [2.45, 2.75) is 31.5 Å². The largest absolute Gasteiger partial charge is 0.417 e. The second kappa shape index (κ2) is 6.01. The first-order valence-corrected chi connectivity index (χ1v) is 6.68. The van der Waals surface area contributed by atoms with Gasteiger partial charge in [-0.1, -0.05) is 18.0 Å². The van der Waals surface area contributed by atoms with E-state index in [1.165, 1.54) is 6.07 Å². The minimum Gasteiger partial charge on any atom is -0.383 e. The molecule has 1 atom stereocenters. The van der Waals surface area contributed by atoms with E-state index in [2.05, 4.69) is 10.6 Å². The maximum atomic E-state index is 12.7. The van der Waals surface area contributed by atoms with Gasteiger partial charge >= 0.3 is 6.18 Å². The van der Waals surface area contributed by atoms with Crippen molar-refractivity contribution in [3.05, 3.63) is 28.8 Å². The first-order chi connectivity index (χ1) is 8.97. The van der Waals surface area contributed by atoms with Crippen LogP contribution in [0.25, 0.3) is 0 Å². The van der Waals surface area contributed by atoms with Crippen molar-refractivity contribution in [1.29, 1.82) is 0 Å². The van der Waals surface area contributed by atoms with E-state index in [0.717, 1.165) is 31.9 Å². The molecule has 0 spiro atoms. The molecule has 106 valence electrons. The fraction of sp³-hybridized carbons (Fsp3) is 0.538. The van der Waals surface area contributed by atoms with E-state index in [1.54, 1.807) is 6.07 Å². The molecule has 2 N–H and O–H groups in total. The molecule has 1 unspecified atom stereocenters. The van der Waals surface area contributed by atoms with E-state index in [4.69, 9.17) is 11.6 Å². The molecule has 2 nitrogen and oxygen atoms in total. The predicted octanol–water partition coefficient (Wildman–Crippen LogP) is 3.91. The van der Waals surface area contributed by atoms with Crippen molar-refractivity contribution in [2.75, 3.05) is 18.4 Å². The summed E-state index contributed by atoms with van der Waals surface area (Å²) in [6.07, 6.45) is -1.05. The molecule has 1 aliphatic heterocycles. The number of benzene rings is 1. The fourth-order valence-corrected chi connectivity index (χ4v) is 2.42. The van der Waals surface area contributed by atoms with Gasteiger partial charge in [0.1, 0.15) is 0 Å². The number of halogens is 4. The summed E-state index contributed by atoms with van der Waals surface area (Å²) in [7, 11) is 0. The standard InChI is InChI=1S/C13H16ClF3N2/c14-12-5-4-9(7-11(12)13(15,16)17)19-8-10-3-1-2-6-18-10/h4-5,7,10,18-19H,1-3,6,8H2. The number of alkyl halides is 3. The number of rotatable bonds is 3. The number of anilines is 1. The highest BCUT2D eigenvalue weighted by atomic mass is 35.5. The highest BCUT2D eigenvalue weighted by molar-refractivity contribution is 6.31. The molecule has 0 radical (unpaired) electrons. The molecule has 1 aromatic rings. The van der Waals surface area contributed by atoms with Gasteiger partial charge in [-0.2, -0.15) is 13.2 Å². The summed E-state index contributed by atoms with van der Waals surface area (Å²) in [6, 6.07) is 4.23. The normalized spacial score (nSPS) is 20.3. The van der Waals surface area contributed by atoms with Crippen molar-refractivity contribution in [1.82, 2.24) is 5.32 Å². The Balaban J connectivity index is 2.00. The van der Waals surface area contributed by atoms with E-state index >= 15 is 0 Å². The number of nitrogens with one attached hydrogen (secondary N) is 2. The summed E-state index contributed by atoms with van der Waals surface area (Å²) < 4.78 is 38.1. The van der Waals surface area contributed by atoms with Crippen LogP contribution < -0.4 is 10.6 Å². The molecular formula is C13H16ClF3N2. The van der Waals surface area contributed by atoms with Crippen LogP contribution in [0.1, 0.15) is 24.8 Å². The smallest absolute Gasteiger partial charge is 0.383 e. The summed E-state index contributed by atoms with van der Waals surface area (Å²) in [5.41, 5.74) is -0.347. The van der Waals surface area contributed by atoms with E-state index < -0.39 is 11.7 Å². The van der Waals surface area contributed by atoms with Gasteiger partial charge in [0.2, 0.25) is 0 Å². The van der Waals surface area contributed by atoms with Crippen LogP contribution in [0.4, 0.5) is 18.9 Å². The molecule has 1 fully saturated rings. The third kappa shape index (κ3) is 4.01. The maximum Gasteiger partial charge on any atom is 0.417 e. The van der Waals surface area contributed by atoms with Gasteiger partial charge < -0.3 is 10.6 Å². The lowest BCUT2D eigenvalue weighted by Crippen LogP contribution is -2.39. The molecule has 1 saturated heterocycles. The lowest BCUT2D eigenvalue weighted by molar-refractivity contribution is -0.137. The topological polar surface area (TPSA) is 24.1 Å². The zero-order valence-corrected chi connectivity index (χ0v) is 11.1. The fourth-order valence-electron chi connectivity index (χ4n) is 2.19. The molecule has 19 heavy (non-hydrogen) atoms. The van der Waals surface area contributed by atoms with Crippen LogP contribution in [0, 0.1) is 0 Å². The summed E-state index contributed by atoms with van der Waals surface area (Å²) in [4.78, 5) is 0. The predicted molar refractivity (Wildman–Crippen MR) is 70.6 cm³/mol. The molecule has 0 aromatic heterocycles. The van der Waals surface area contributed by atoms with Crippen LogP contribution in [0.15, 0.2) is 18.2 Å². The molecule has 1 aromatic carbocycles. The van der Waals surface area contributed by atoms with Crippen molar-refractivity contribution >= 4 is 17.3 Å². The lowest BCUT2D eigenvalue weighted by Gasteiger charge is -2.24. The van der Waals surface area contributed by atoms with Crippen molar-refractivity contribution < 1.29 is 13.2 Å². The Kier molecular flexibility index (Phi) is 4.58. The van der Waals surface area contributed by atoms with Gasteiger partial charge in [-0.25, -0.2) is 0 Å². The van der Waals surface area contributed by atoms with Crippen molar-refractivity contribution in [2.24, 2.45) is 0 Å². The highest BCUT2D eigenvalue weighted by Crippen LogP contribution is 2.36. The SMILES string of the molecule is FC(F)(F)c1cc(NCC2CCCCN2)ccc1Cl. The quantitative estimate of drug-likeness (QED) is 0.882. The maximum absolute atomic E-state index is 12.7. The van der Waals surface area contributed by atoms with Crippen LogP contribution in [-0.4, -0.2) is 19.1 Å². The van der Waals surface area contributed by atoms with Crippen LogP contribution in [0.5, 0.6) is 0 Å². The second-order valence-electron chi connectivity index (χ2n) is 4.72. The van der Waals surface area contributed by atoms with Crippen LogP contribution in [0.3, 0.4) is 0 Å². The van der Waals surface area contributed by atoms with E-state index in [1.807, 2.05) is 0 Å². The summed E-state index contributed by atoms with van der Waals surface area (Å²) in [5, 5.41) is 6.10. The molecule has 0 aliphatic carbocycles. The number of hydrogen-bond acceptors (Lipinski definition) is 2.